The van der Waals surface area contributed by atoms with Crippen LogP contribution >= 0.6 is 11.9 Å². The van der Waals surface area contributed by atoms with Gasteiger partial charge in [-0.3, -0.25) is 4.79 Å². The fourth-order valence-corrected chi connectivity index (χ4v) is 6.83. The van der Waals surface area contributed by atoms with Crippen molar-refractivity contribution in [1.29, 1.82) is 0 Å². The topological polar surface area (TPSA) is 79.6 Å². The van der Waals surface area contributed by atoms with E-state index in [-0.39, 0.29) is 18.1 Å². The average Bonchev–Trinajstić information content (AvgIpc) is 3.47. The van der Waals surface area contributed by atoms with Crippen LogP contribution in [0, 0.1) is 5.92 Å². The van der Waals surface area contributed by atoms with Crippen molar-refractivity contribution in [3.63, 3.8) is 0 Å². The van der Waals surface area contributed by atoms with Gasteiger partial charge in [0.05, 0.1) is 0 Å². The van der Waals surface area contributed by atoms with E-state index in [4.69, 9.17) is 9.26 Å². The lowest BCUT2D eigenvalue weighted by atomic mass is 9.99. The molecule has 7 nitrogen and oxygen atoms in total. The molecule has 160 valence electrons. The fraction of sp³-hybridized carbons (Fsp3) is 0.810. The quantitative estimate of drug-likeness (QED) is 0.685. The van der Waals surface area contributed by atoms with Gasteiger partial charge in [0.15, 0.2) is 11.5 Å². The zero-order valence-corrected chi connectivity index (χ0v) is 17.8. The molecule has 8 heteroatoms. The zero-order valence-electron chi connectivity index (χ0n) is 17.0. The molecule has 1 aromatic heterocycles. The number of nitrogens with one attached hydrogen (secondary N) is 2. The molecule has 5 rings (SSSR count). The number of ether oxygens (including phenoxy) is 1. The van der Waals surface area contributed by atoms with E-state index in [1.54, 1.807) is 6.07 Å². The van der Waals surface area contributed by atoms with Gasteiger partial charge in [0.2, 0.25) is 0 Å². The van der Waals surface area contributed by atoms with E-state index >= 15 is 0 Å². The zero-order chi connectivity index (χ0) is 19.6. The monoisotopic (exact) mass is 420 g/mol. The molecule has 1 amide bonds. The number of aromatic nitrogens is 1. The lowest BCUT2D eigenvalue weighted by molar-refractivity contribution is 0.0862. The minimum absolute atomic E-state index is 0.0416. The Morgan fingerprint density at radius 3 is 2.72 bits per heavy atom. The first-order valence-corrected chi connectivity index (χ1v) is 12.2. The van der Waals surface area contributed by atoms with E-state index in [0.29, 0.717) is 23.5 Å². The van der Waals surface area contributed by atoms with E-state index in [1.807, 2.05) is 0 Å². The predicted molar refractivity (Wildman–Crippen MR) is 112 cm³/mol. The summed E-state index contributed by atoms with van der Waals surface area (Å²) in [7, 11) is 0. The largest absolute Gasteiger partial charge is 0.370 e. The Labute approximate surface area is 176 Å². The Morgan fingerprint density at radius 1 is 1.21 bits per heavy atom. The molecule has 0 saturated carbocycles. The third-order valence-electron chi connectivity index (χ3n) is 6.93. The number of amides is 1. The first-order chi connectivity index (χ1) is 14.3. The van der Waals surface area contributed by atoms with Gasteiger partial charge in [-0.15, -0.1) is 0 Å². The van der Waals surface area contributed by atoms with Crippen molar-refractivity contribution < 1.29 is 14.1 Å². The van der Waals surface area contributed by atoms with Crippen LogP contribution in [0.4, 0.5) is 0 Å². The molecular weight excluding hydrogens is 388 g/mol. The molecule has 4 fully saturated rings. The first-order valence-electron chi connectivity index (χ1n) is 11.3. The van der Waals surface area contributed by atoms with Crippen LogP contribution in [0.25, 0.3) is 0 Å². The highest BCUT2D eigenvalue weighted by molar-refractivity contribution is 7.97. The third kappa shape index (κ3) is 4.50. The molecular formula is C21H32N4O3S. The Bertz CT molecular complexity index is 688. The van der Waals surface area contributed by atoms with Gasteiger partial charge < -0.3 is 19.9 Å². The Morgan fingerprint density at radius 2 is 2.00 bits per heavy atom. The van der Waals surface area contributed by atoms with Gasteiger partial charge >= 0.3 is 0 Å². The van der Waals surface area contributed by atoms with Gasteiger partial charge in [0.25, 0.3) is 5.91 Å². The van der Waals surface area contributed by atoms with E-state index < -0.39 is 0 Å². The summed E-state index contributed by atoms with van der Waals surface area (Å²) in [5.41, 5.74) is 0.380. The highest BCUT2D eigenvalue weighted by Gasteiger charge is 2.42. The van der Waals surface area contributed by atoms with Crippen molar-refractivity contribution in [2.45, 2.75) is 75.6 Å². The number of hydrogen-bond acceptors (Lipinski definition) is 7. The second-order valence-electron chi connectivity index (χ2n) is 8.99. The highest BCUT2D eigenvalue weighted by atomic mass is 32.2. The Balaban J connectivity index is 1.12. The minimum Gasteiger partial charge on any atom is -0.370 e. The normalized spacial score (nSPS) is 33.2. The number of rotatable bonds is 6. The standard InChI is InChI=1S/C21H32N4O3S/c26-21(18-12-20(28-24-18)19-2-1-9-27-19)23-15-10-16-3-4-17(11-15)25(16)29-13-14-5-7-22-8-6-14/h12,14-17,19,22H,1-11,13H2,(H,23,26). The summed E-state index contributed by atoms with van der Waals surface area (Å²) in [5.74, 6) is 2.66. The lowest BCUT2D eigenvalue weighted by Crippen LogP contribution is -2.48. The molecule has 1 aromatic rings. The molecule has 4 saturated heterocycles. The first kappa shape index (κ1) is 19.8. The summed E-state index contributed by atoms with van der Waals surface area (Å²) in [6.45, 7) is 3.09. The van der Waals surface area contributed by atoms with E-state index in [0.717, 1.165) is 38.2 Å². The molecule has 3 atom stereocenters. The van der Waals surface area contributed by atoms with Gasteiger partial charge in [-0.05, 0) is 70.4 Å². The second-order valence-corrected chi connectivity index (χ2v) is 10.0. The van der Waals surface area contributed by atoms with E-state index in [1.165, 1.54) is 44.5 Å². The maximum atomic E-state index is 12.7. The van der Waals surface area contributed by atoms with Gasteiger partial charge in [0.1, 0.15) is 6.10 Å². The summed E-state index contributed by atoms with van der Waals surface area (Å²) in [4.78, 5) is 12.7. The third-order valence-corrected chi connectivity index (χ3v) is 8.44. The van der Waals surface area contributed by atoms with Crippen LogP contribution in [0.5, 0.6) is 0 Å². The molecule has 0 aliphatic carbocycles. The summed E-state index contributed by atoms with van der Waals surface area (Å²) in [6, 6.07) is 3.17. The Kier molecular flexibility index (Phi) is 6.13. The van der Waals surface area contributed by atoms with E-state index in [2.05, 4.69) is 32.0 Å². The minimum atomic E-state index is -0.113. The smallest absolute Gasteiger partial charge is 0.273 e. The number of piperidine rings is 2. The molecule has 0 radical (unpaired) electrons. The molecule has 2 N–H and O–H groups in total. The molecule has 0 spiro atoms. The molecule has 4 aliphatic heterocycles. The number of carbonyl (C=O) groups is 1. The van der Waals surface area contributed by atoms with Crippen LogP contribution in [0.1, 0.15) is 73.7 Å². The summed E-state index contributed by atoms with van der Waals surface area (Å²) < 4.78 is 13.7. The summed E-state index contributed by atoms with van der Waals surface area (Å²) >= 11 is 2.07. The molecule has 5 heterocycles. The molecule has 0 aromatic carbocycles. The number of nitrogens with zero attached hydrogens (tertiary/aromatic N) is 2. The fourth-order valence-electron chi connectivity index (χ4n) is 5.31. The lowest BCUT2D eigenvalue weighted by Gasteiger charge is -2.39. The maximum Gasteiger partial charge on any atom is 0.273 e. The average molecular weight is 421 g/mol. The number of hydrogen-bond donors (Lipinski definition) is 2. The molecule has 29 heavy (non-hydrogen) atoms. The van der Waals surface area contributed by atoms with Crippen molar-refractivity contribution in [3.8, 4) is 0 Å². The van der Waals surface area contributed by atoms with Crippen molar-refractivity contribution in [3.05, 3.63) is 17.5 Å². The molecule has 4 aliphatic rings. The summed E-state index contributed by atoms with van der Waals surface area (Å²) in [5, 5.41) is 10.7. The van der Waals surface area contributed by atoms with Crippen LogP contribution in [0.15, 0.2) is 10.6 Å². The van der Waals surface area contributed by atoms with Crippen LogP contribution in [0.2, 0.25) is 0 Å². The van der Waals surface area contributed by atoms with Gasteiger partial charge in [-0.25, -0.2) is 4.31 Å². The van der Waals surface area contributed by atoms with E-state index in [9.17, 15) is 4.79 Å². The van der Waals surface area contributed by atoms with Crippen LogP contribution in [-0.4, -0.2) is 58.9 Å². The Hall–Kier alpha value is -1.09. The number of fused-ring (bicyclic) bond motifs is 2. The summed E-state index contributed by atoms with van der Waals surface area (Å²) in [6.07, 6.45) is 9.13. The second kappa shape index (κ2) is 8.96. The van der Waals surface area contributed by atoms with Gasteiger partial charge in [0, 0.05) is 36.6 Å². The van der Waals surface area contributed by atoms with Crippen LogP contribution in [0.3, 0.4) is 0 Å². The number of carbonyl (C=O) groups excluding carboxylic acids is 1. The maximum absolute atomic E-state index is 12.7. The van der Waals surface area contributed by atoms with Gasteiger partial charge in [-0.1, -0.05) is 17.1 Å². The van der Waals surface area contributed by atoms with Crippen LogP contribution < -0.4 is 10.6 Å². The highest BCUT2D eigenvalue weighted by Crippen LogP contribution is 2.41. The molecule has 3 unspecified atom stereocenters. The SMILES string of the molecule is O=C(NC1CC2CCC(C1)N2SCC1CCNCC1)c1cc(C2CCCO2)on1. The van der Waals surface area contributed by atoms with Crippen LogP contribution in [-0.2, 0) is 4.74 Å². The predicted octanol–water partition coefficient (Wildman–Crippen LogP) is 2.90. The van der Waals surface area contributed by atoms with Crippen molar-refractivity contribution >= 4 is 17.9 Å². The molecule has 2 bridgehead atoms. The van der Waals surface area contributed by atoms with Crippen molar-refractivity contribution in [2.75, 3.05) is 25.4 Å². The van der Waals surface area contributed by atoms with Crippen molar-refractivity contribution in [2.24, 2.45) is 5.92 Å². The van der Waals surface area contributed by atoms with Crippen molar-refractivity contribution in [1.82, 2.24) is 20.1 Å². The van der Waals surface area contributed by atoms with Gasteiger partial charge in [-0.2, -0.15) is 0 Å².